The van der Waals surface area contributed by atoms with Crippen LogP contribution in [0.2, 0.25) is 0 Å². The smallest absolute Gasteiger partial charge is 0.0288 e. The van der Waals surface area contributed by atoms with Crippen LogP contribution in [0.3, 0.4) is 0 Å². The molecule has 14 heavy (non-hydrogen) atoms. The normalized spacial score (nSPS) is 22.9. The molecule has 0 spiro atoms. The lowest BCUT2D eigenvalue weighted by atomic mass is 9.93. The van der Waals surface area contributed by atoms with Crippen LogP contribution in [0.15, 0.2) is 12.3 Å². The summed E-state index contributed by atoms with van der Waals surface area (Å²) in [6.07, 6.45) is 8.09. The van der Waals surface area contributed by atoms with Crippen LogP contribution >= 0.6 is 0 Å². The van der Waals surface area contributed by atoms with E-state index in [0.29, 0.717) is 11.6 Å². The highest BCUT2D eigenvalue weighted by atomic mass is 15.1. The molecule has 82 valence electrons. The van der Waals surface area contributed by atoms with E-state index in [4.69, 9.17) is 0 Å². The summed E-state index contributed by atoms with van der Waals surface area (Å²) in [5.74, 6) is 0. The van der Waals surface area contributed by atoms with Crippen molar-refractivity contribution in [3.8, 4) is 0 Å². The second kappa shape index (κ2) is 4.83. The van der Waals surface area contributed by atoms with Gasteiger partial charge in [0.2, 0.25) is 0 Å². The largest absolute Gasteiger partial charge is 0.381 e. The summed E-state index contributed by atoms with van der Waals surface area (Å²) < 4.78 is 0. The number of rotatable bonds is 4. The van der Waals surface area contributed by atoms with Crippen molar-refractivity contribution in [2.24, 2.45) is 0 Å². The summed E-state index contributed by atoms with van der Waals surface area (Å²) >= 11 is 0. The molecule has 0 saturated carbocycles. The van der Waals surface area contributed by atoms with Gasteiger partial charge in [-0.05, 0) is 32.4 Å². The maximum absolute atomic E-state index is 3.74. The highest BCUT2D eigenvalue weighted by molar-refractivity contribution is 5.00. The third-order valence-electron chi connectivity index (χ3n) is 3.46. The van der Waals surface area contributed by atoms with Crippen LogP contribution in [0.1, 0.15) is 40.0 Å². The van der Waals surface area contributed by atoms with E-state index in [2.05, 4.69) is 50.3 Å². The fourth-order valence-electron chi connectivity index (χ4n) is 1.79. The standard InChI is InChI=1S/C12H24N2/c1-5-12(3,6-2)13-11-7-9-14(4)10-8-11/h7,9,11,13H,5-6,8,10H2,1-4H3. The maximum Gasteiger partial charge on any atom is 0.0288 e. The van der Waals surface area contributed by atoms with Crippen molar-refractivity contribution < 1.29 is 0 Å². The molecule has 1 atom stereocenters. The van der Waals surface area contributed by atoms with Gasteiger partial charge in [-0.25, -0.2) is 0 Å². The van der Waals surface area contributed by atoms with Crippen LogP contribution < -0.4 is 5.32 Å². The predicted octanol–water partition coefficient (Wildman–Crippen LogP) is 2.37. The summed E-state index contributed by atoms with van der Waals surface area (Å²) in [7, 11) is 2.13. The molecule has 0 aromatic rings. The Morgan fingerprint density at radius 2 is 2.07 bits per heavy atom. The Hall–Kier alpha value is -0.500. The van der Waals surface area contributed by atoms with Crippen molar-refractivity contribution >= 4 is 0 Å². The molecule has 2 heteroatoms. The van der Waals surface area contributed by atoms with Gasteiger partial charge in [0.1, 0.15) is 0 Å². The summed E-state index contributed by atoms with van der Waals surface area (Å²) in [6, 6.07) is 0.566. The van der Waals surface area contributed by atoms with E-state index in [1.807, 2.05) is 0 Å². The molecular weight excluding hydrogens is 172 g/mol. The molecule has 1 aliphatic rings. The molecule has 0 fully saturated rings. The van der Waals surface area contributed by atoms with Crippen LogP contribution in [0.25, 0.3) is 0 Å². The fraction of sp³-hybridized carbons (Fsp3) is 0.833. The second-order valence-electron chi connectivity index (χ2n) is 4.63. The summed E-state index contributed by atoms with van der Waals surface area (Å²) in [4.78, 5) is 2.24. The third kappa shape index (κ3) is 3.02. The van der Waals surface area contributed by atoms with Crippen molar-refractivity contribution in [2.75, 3.05) is 13.6 Å². The van der Waals surface area contributed by atoms with Gasteiger partial charge in [0, 0.05) is 25.2 Å². The summed E-state index contributed by atoms with van der Waals surface area (Å²) in [5, 5.41) is 3.74. The monoisotopic (exact) mass is 196 g/mol. The lowest BCUT2D eigenvalue weighted by molar-refractivity contribution is 0.280. The van der Waals surface area contributed by atoms with Crippen LogP contribution in [-0.2, 0) is 0 Å². The molecule has 0 aromatic carbocycles. The van der Waals surface area contributed by atoms with Gasteiger partial charge in [0.25, 0.3) is 0 Å². The van der Waals surface area contributed by atoms with Crippen molar-refractivity contribution in [1.82, 2.24) is 10.2 Å². The maximum atomic E-state index is 3.74. The molecule has 0 radical (unpaired) electrons. The summed E-state index contributed by atoms with van der Waals surface area (Å²) in [5.41, 5.74) is 0.310. The Bertz CT molecular complexity index is 194. The number of nitrogens with one attached hydrogen (secondary N) is 1. The molecule has 0 aromatic heterocycles. The van der Waals surface area contributed by atoms with Gasteiger partial charge < -0.3 is 10.2 Å². The van der Waals surface area contributed by atoms with E-state index in [1.165, 1.54) is 19.3 Å². The summed E-state index contributed by atoms with van der Waals surface area (Å²) in [6.45, 7) is 8.00. The zero-order valence-electron chi connectivity index (χ0n) is 10.0. The fourth-order valence-corrected chi connectivity index (χ4v) is 1.79. The number of hydrogen-bond donors (Lipinski definition) is 1. The minimum absolute atomic E-state index is 0.310. The topological polar surface area (TPSA) is 15.3 Å². The molecule has 1 N–H and O–H groups in total. The highest BCUT2D eigenvalue weighted by Gasteiger charge is 2.23. The van der Waals surface area contributed by atoms with E-state index in [-0.39, 0.29) is 0 Å². The first-order valence-corrected chi connectivity index (χ1v) is 5.76. The van der Waals surface area contributed by atoms with Crippen molar-refractivity contribution in [3.63, 3.8) is 0 Å². The lowest BCUT2D eigenvalue weighted by Crippen LogP contribution is -2.48. The molecule has 1 unspecified atom stereocenters. The van der Waals surface area contributed by atoms with Gasteiger partial charge in [0.15, 0.2) is 0 Å². The van der Waals surface area contributed by atoms with Gasteiger partial charge >= 0.3 is 0 Å². The van der Waals surface area contributed by atoms with Gasteiger partial charge in [-0.2, -0.15) is 0 Å². The van der Waals surface area contributed by atoms with Gasteiger partial charge in [-0.3, -0.25) is 0 Å². The molecule has 2 nitrogen and oxygen atoms in total. The molecule has 0 amide bonds. The third-order valence-corrected chi connectivity index (χ3v) is 3.46. The van der Waals surface area contributed by atoms with Gasteiger partial charge in [-0.1, -0.05) is 19.9 Å². The molecular formula is C12H24N2. The Labute approximate surface area is 88.4 Å². The van der Waals surface area contributed by atoms with Crippen LogP contribution in [0.4, 0.5) is 0 Å². The van der Waals surface area contributed by atoms with Crippen LogP contribution in [0, 0.1) is 0 Å². The first-order chi connectivity index (χ1) is 6.59. The molecule has 0 saturated heterocycles. The van der Waals surface area contributed by atoms with E-state index >= 15 is 0 Å². The Kier molecular flexibility index (Phi) is 3.99. The molecule has 1 rings (SSSR count). The second-order valence-corrected chi connectivity index (χ2v) is 4.63. The predicted molar refractivity (Wildman–Crippen MR) is 62.3 cm³/mol. The average molecular weight is 196 g/mol. The lowest BCUT2D eigenvalue weighted by Gasteiger charge is -2.35. The first kappa shape index (κ1) is 11.6. The quantitative estimate of drug-likeness (QED) is 0.742. The van der Waals surface area contributed by atoms with Gasteiger partial charge in [0.05, 0.1) is 0 Å². The van der Waals surface area contributed by atoms with E-state index < -0.39 is 0 Å². The molecule has 0 bridgehead atoms. The minimum Gasteiger partial charge on any atom is -0.381 e. The number of hydrogen-bond acceptors (Lipinski definition) is 2. The average Bonchev–Trinajstić information content (AvgIpc) is 2.21. The van der Waals surface area contributed by atoms with Gasteiger partial charge in [-0.15, -0.1) is 0 Å². The molecule has 1 heterocycles. The van der Waals surface area contributed by atoms with E-state index in [1.54, 1.807) is 0 Å². The van der Waals surface area contributed by atoms with Crippen molar-refractivity contribution in [1.29, 1.82) is 0 Å². The van der Waals surface area contributed by atoms with Crippen molar-refractivity contribution in [2.45, 2.75) is 51.6 Å². The number of nitrogens with zero attached hydrogens (tertiary/aromatic N) is 1. The van der Waals surface area contributed by atoms with Crippen LogP contribution in [0.5, 0.6) is 0 Å². The Balaban J connectivity index is 2.48. The Morgan fingerprint density at radius 1 is 1.43 bits per heavy atom. The Morgan fingerprint density at radius 3 is 2.50 bits per heavy atom. The minimum atomic E-state index is 0.310. The molecule has 0 aliphatic carbocycles. The molecule has 1 aliphatic heterocycles. The zero-order chi connectivity index (χ0) is 10.6. The highest BCUT2D eigenvalue weighted by Crippen LogP contribution is 2.17. The van der Waals surface area contributed by atoms with E-state index in [0.717, 1.165) is 6.54 Å². The zero-order valence-corrected chi connectivity index (χ0v) is 10.0. The SMILES string of the molecule is CCC(C)(CC)NC1C=CN(C)CC1. The van der Waals surface area contributed by atoms with E-state index in [9.17, 15) is 0 Å². The van der Waals surface area contributed by atoms with Crippen LogP contribution in [-0.4, -0.2) is 30.1 Å². The first-order valence-electron chi connectivity index (χ1n) is 5.76. The van der Waals surface area contributed by atoms with Crippen molar-refractivity contribution in [3.05, 3.63) is 12.3 Å².